The SMILES string of the molecule is CC/C=C\C/C=C\C/C=C\C/C=C\C/C=C\C/C=C\CCCCCCCCC(=O)OCC(COC(=O)CCCCCCC/C=C\CCCC)OC(=O)CCCCCCC/C=C\C/C=C\CCC. The number of allylic oxidation sites excluding steroid dienone is 18. The van der Waals surface area contributed by atoms with E-state index in [4.69, 9.17) is 14.2 Å². The highest BCUT2D eigenvalue weighted by Gasteiger charge is 2.19. The zero-order valence-corrected chi connectivity index (χ0v) is 43.4. The summed E-state index contributed by atoms with van der Waals surface area (Å²) in [6.45, 7) is 6.38. The van der Waals surface area contributed by atoms with E-state index in [0.29, 0.717) is 19.3 Å². The molecule has 0 N–H and O–H groups in total. The lowest BCUT2D eigenvalue weighted by atomic mass is 10.1. The molecule has 0 aliphatic rings. The second kappa shape index (κ2) is 54.7. The van der Waals surface area contributed by atoms with Crippen LogP contribution in [-0.4, -0.2) is 37.2 Å². The number of unbranched alkanes of at least 4 members (excludes halogenated alkanes) is 19. The van der Waals surface area contributed by atoms with Gasteiger partial charge < -0.3 is 14.2 Å². The summed E-state index contributed by atoms with van der Waals surface area (Å²) in [6.07, 6.45) is 73.6. The first-order chi connectivity index (χ1) is 33.0. The molecular formula is C61H100O6. The summed E-state index contributed by atoms with van der Waals surface area (Å²) < 4.78 is 16.8. The van der Waals surface area contributed by atoms with Crippen LogP contribution in [0.3, 0.4) is 0 Å². The highest BCUT2D eigenvalue weighted by atomic mass is 16.6. The van der Waals surface area contributed by atoms with Crippen molar-refractivity contribution in [3.63, 3.8) is 0 Å². The Balaban J connectivity index is 4.35. The van der Waals surface area contributed by atoms with Crippen molar-refractivity contribution in [2.45, 2.75) is 245 Å². The summed E-state index contributed by atoms with van der Waals surface area (Å²) in [4.78, 5) is 38.0. The molecule has 0 saturated carbocycles. The van der Waals surface area contributed by atoms with E-state index < -0.39 is 6.10 Å². The van der Waals surface area contributed by atoms with Crippen LogP contribution in [0.4, 0.5) is 0 Å². The Morgan fingerprint density at radius 1 is 0.313 bits per heavy atom. The third-order valence-electron chi connectivity index (χ3n) is 11.2. The van der Waals surface area contributed by atoms with Crippen LogP contribution in [0.15, 0.2) is 109 Å². The van der Waals surface area contributed by atoms with Gasteiger partial charge in [0.25, 0.3) is 0 Å². The highest BCUT2D eigenvalue weighted by molar-refractivity contribution is 5.71. The molecule has 0 aromatic heterocycles. The van der Waals surface area contributed by atoms with Crippen LogP contribution < -0.4 is 0 Å². The molecule has 0 fully saturated rings. The first-order valence-electron chi connectivity index (χ1n) is 27.4. The minimum Gasteiger partial charge on any atom is -0.462 e. The normalized spacial score (nSPS) is 12.9. The number of ether oxygens (including phenoxy) is 3. The van der Waals surface area contributed by atoms with Gasteiger partial charge in [0.05, 0.1) is 0 Å². The Hall–Kier alpha value is -3.93. The van der Waals surface area contributed by atoms with Crippen molar-refractivity contribution in [2.75, 3.05) is 13.2 Å². The maximum Gasteiger partial charge on any atom is 0.306 e. The van der Waals surface area contributed by atoms with Gasteiger partial charge in [0.15, 0.2) is 6.10 Å². The van der Waals surface area contributed by atoms with Gasteiger partial charge in [-0.3, -0.25) is 14.4 Å². The summed E-state index contributed by atoms with van der Waals surface area (Å²) in [6, 6.07) is 0. The summed E-state index contributed by atoms with van der Waals surface area (Å²) in [7, 11) is 0. The van der Waals surface area contributed by atoms with Gasteiger partial charge in [-0.05, 0) is 116 Å². The number of hydrogen-bond donors (Lipinski definition) is 0. The largest absolute Gasteiger partial charge is 0.462 e. The summed E-state index contributed by atoms with van der Waals surface area (Å²) in [5.74, 6) is -0.937. The molecule has 6 heteroatoms. The molecule has 0 saturated heterocycles. The van der Waals surface area contributed by atoms with E-state index in [1.54, 1.807) is 0 Å². The van der Waals surface area contributed by atoms with Gasteiger partial charge in [-0.1, -0.05) is 214 Å². The summed E-state index contributed by atoms with van der Waals surface area (Å²) in [5.41, 5.74) is 0. The van der Waals surface area contributed by atoms with E-state index >= 15 is 0 Å². The number of hydrogen-bond acceptors (Lipinski definition) is 6. The monoisotopic (exact) mass is 929 g/mol. The van der Waals surface area contributed by atoms with Crippen molar-refractivity contribution in [3.8, 4) is 0 Å². The standard InChI is InChI=1S/C61H100O6/c1-4-7-10-13-16-19-22-24-25-26-27-28-29-30-31-32-33-34-35-37-39-42-45-48-51-54-60(63)66-57-58(56-65-59(62)53-50-47-44-41-38-21-18-15-12-9-6-3)67-61(64)55-52-49-46-43-40-36-23-20-17-14-11-8-5-2/h7,10-11,14-16,18-20,23-25,27-28,30-31,33-34,58H,4-6,8-9,12-13,17,21-22,26,29,32,35-57H2,1-3H3/b10-7-,14-11-,18-15-,19-16-,23-20-,25-24-,28-27-,31-30-,34-33-. The average molecular weight is 929 g/mol. The predicted octanol–water partition coefficient (Wildman–Crippen LogP) is 18.3. The van der Waals surface area contributed by atoms with Crippen LogP contribution in [0.25, 0.3) is 0 Å². The van der Waals surface area contributed by atoms with Gasteiger partial charge in [-0.15, -0.1) is 0 Å². The molecule has 0 rings (SSSR count). The second-order valence-electron chi connectivity index (χ2n) is 17.7. The van der Waals surface area contributed by atoms with Gasteiger partial charge in [0, 0.05) is 19.3 Å². The molecule has 0 aliphatic carbocycles. The number of carbonyl (C=O) groups excluding carboxylic acids is 3. The maximum absolute atomic E-state index is 12.8. The minimum absolute atomic E-state index is 0.0945. The van der Waals surface area contributed by atoms with Crippen LogP contribution >= 0.6 is 0 Å². The first-order valence-corrected chi connectivity index (χ1v) is 27.4. The van der Waals surface area contributed by atoms with Gasteiger partial charge in [0.1, 0.15) is 13.2 Å². The smallest absolute Gasteiger partial charge is 0.306 e. The topological polar surface area (TPSA) is 78.9 Å². The van der Waals surface area contributed by atoms with Crippen molar-refractivity contribution >= 4 is 17.9 Å². The van der Waals surface area contributed by atoms with Crippen LogP contribution in [-0.2, 0) is 28.6 Å². The molecule has 380 valence electrons. The fraction of sp³-hybridized carbons (Fsp3) is 0.656. The molecule has 0 amide bonds. The molecule has 1 unspecified atom stereocenters. The third-order valence-corrected chi connectivity index (χ3v) is 11.2. The van der Waals surface area contributed by atoms with Crippen molar-refractivity contribution in [2.24, 2.45) is 0 Å². The maximum atomic E-state index is 12.8. The molecule has 0 spiro atoms. The lowest BCUT2D eigenvalue weighted by Crippen LogP contribution is -2.30. The molecular weight excluding hydrogens is 829 g/mol. The average Bonchev–Trinajstić information content (AvgIpc) is 3.33. The van der Waals surface area contributed by atoms with Crippen molar-refractivity contribution < 1.29 is 28.6 Å². The minimum atomic E-state index is -0.796. The Labute approximate surface area is 412 Å². The molecule has 6 nitrogen and oxygen atoms in total. The Bertz CT molecular complexity index is 1390. The molecule has 0 aliphatic heterocycles. The molecule has 0 aromatic carbocycles. The van der Waals surface area contributed by atoms with E-state index in [-0.39, 0.29) is 31.1 Å². The molecule has 0 bridgehead atoms. The predicted molar refractivity (Wildman–Crippen MR) is 288 cm³/mol. The lowest BCUT2D eigenvalue weighted by Gasteiger charge is -2.18. The lowest BCUT2D eigenvalue weighted by molar-refractivity contribution is -0.167. The Morgan fingerprint density at radius 3 is 0.985 bits per heavy atom. The zero-order chi connectivity index (χ0) is 48.6. The fourth-order valence-electron chi connectivity index (χ4n) is 7.11. The van der Waals surface area contributed by atoms with Crippen LogP contribution in [0.2, 0.25) is 0 Å². The third kappa shape index (κ3) is 52.9. The van der Waals surface area contributed by atoms with E-state index in [1.807, 2.05) is 0 Å². The number of esters is 3. The van der Waals surface area contributed by atoms with E-state index in [2.05, 4.69) is 130 Å². The summed E-state index contributed by atoms with van der Waals surface area (Å²) in [5, 5.41) is 0. The van der Waals surface area contributed by atoms with Crippen molar-refractivity contribution in [3.05, 3.63) is 109 Å². The molecule has 0 radical (unpaired) electrons. The van der Waals surface area contributed by atoms with E-state index in [0.717, 1.165) is 154 Å². The molecule has 0 aromatic rings. The highest BCUT2D eigenvalue weighted by Crippen LogP contribution is 2.13. The van der Waals surface area contributed by atoms with Crippen LogP contribution in [0.1, 0.15) is 239 Å². The van der Waals surface area contributed by atoms with E-state index in [1.165, 1.54) is 44.9 Å². The van der Waals surface area contributed by atoms with Crippen LogP contribution in [0.5, 0.6) is 0 Å². The quantitative estimate of drug-likeness (QED) is 0.0262. The van der Waals surface area contributed by atoms with Gasteiger partial charge in [-0.2, -0.15) is 0 Å². The second-order valence-corrected chi connectivity index (χ2v) is 17.7. The Morgan fingerprint density at radius 2 is 0.612 bits per heavy atom. The van der Waals surface area contributed by atoms with Gasteiger partial charge in [0.2, 0.25) is 0 Å². The van der Waals surface area contributed by atoms with Gasteiger partial charge in [-0.25, -0.2) is 0 Å². The van der Waals surface area contributed by atoms with Crippen molar-refractivity contribution in [1.29, 1.82) is 0 Å². The molecule has 0 heterocycles. The Kier molecular flexibility index (Phi) is 51.5. The summed E-state index contributed by atoms with van der Waals surface area (Å²) >= 11 is 0. The van der Waals surface area contributed by atoms with E-state index in [9.17, 15) is 14.4 Å². The fourth-order valence-corrected chi connectivity index (χ4v) is 7.11. The van der Waals surface area contributed by atoms with Crippen LogP contribution in [0, 0.1) is 0 Å². The van der Waals surface area contributed by atoms with Crippen molar-refractivity contribution in [1.82, 2.24) is 0 Å². The number of rotatable bonds is 48. The zero-order valence-electron chi connectivity index (χ0n) is 43.4. The first kappa shape index (κ1) is 63.1. The van der Waals surface area contributed by atoms with Gasteiger partial charge >= 0.3 is 17.9 Å². The molecule has 1 atom stereocenters. The number of carbonyl (C=O) groups is 3. The molecule has 67 heavy (non-hydrogen) atoms.